The summed E-state index contributed by atoms with van der Waals surface area (Å²) in [5.41, 5.74) is 1.24. The van der Waals surface area contributed by atoms with E-state index >= 15 is 0 Å². The molecule has 4 aromatic rings. The summed E-state index contributed by atoms with van der Waals surface area (Å²) in [7, 11) is -1.96. The molecule has 0 radical (unpaired) electrons. The average molecular weight is 428 g/mol. The van der Waals surface area contributed by atoms with Crippen molar-refractivity contribution in [3.8, 4) is 17.2 Å². The van der Waals surface area contributed by atoms with Crippen LogP contribution < -0.4 is 10.1 Å². The van der Waals surface area contributed by atoms with Crippen LogP contribution in [0.3, 0.4) is 0 Å². The molecule has 0 saturated carbocycles. The first kappa shape index (κ1) is 19.2. The van der Waals surface area contributed by atoms with Gasteiger partial charge in [-0.1, -0.05) is 24.3 Å². The van der Waals surface area contributed by atoms with E-state index in [9.17, 15) is 13.2 Å². The molecule has 2 aromatic carbocycles. The largest absolute Gasteiger partial charge is 0.493 e. The molecule has 1 amide bonds. The van der Waals surface area contributed by atoms with Crippen molar-refractivity contribution in [3.63, 3.8) is 0 Å². The molecule has 0 aliphatic carbocycles. The van der Waals surface area contributed by atoms with Gasteiger partial charge in [0.15, 0.2) is 32.1 Å². The smallest absolute Gasteiger partial charge is 0.258 e. The number of thiazole rings is 1. The Hall–Kier alpha value is -3.17. The summed E-state index contributed by atoms with van der Waals surface area (Å²) >= 11 is 1.22. The summed E-state index contributed by atoms with van der Waals surface area (Å²) in [4.78, 5) is 17.0. The minimum absolute atomic E-state index is 0.0290. The van der Waals surface area contributed by atoms with E-state index in [-0.39, 0.29) is 10.5 Å². The Kier molecular flexibility index (Phi) is 4.85. The standard InChI is InChI=1S/C20H16N2O5S2/c1-26-15-8-5-6-12-10-16(27-18(12)15)14-11-28-20(21-14)22-19(23)13-7-3-4-9-17(13)29(2,24)25/h3-11H,1-2H3,(H,21,22,23). The van der Waals surface area contributed by atoms with Crippen LogP contribution in [0.5, 0.6) is 5.75 Å². The van der Waals surface area contributed by atoms with E-state index in [4.69, 9.17) is 9.15 Å². The number of hydrogen-bond donors (Lipinski definition) is 1. The van der Waals surface area contributed by atoms with Crippen molar-refractivity contribution in [2.45, 2.75) is 4.90 Å². The first-order chi connectivity index (χ1) is 13.9. The zero-order valence-electron chi connectivity index (χ0n) is 15.5. The first-order valence-electron chi connectivity index (χ1n) is 8.49. The molecule has 0 fully saturated rings. The van der Waals surface area contributed by atoms with Crippen LogP contribution in [0.25, 0.3) is 22.4 Å². The van der Waals surface area contributed by atoms with Crippen molar-refractivity contribution in [3.05, 3.63) is 59.5 Å². The number of rotatable bonds is 5. The average Bonchev–Trinajstić information content (AvgIpc) is 3.33. The number of aromatic nitrogens is 1. The summed E-state index contributed by atoms with van der Waals surface area (Å²) in [6.07, 6.45) is 1.07. The summed E-state index contributed by atoms with van der Waals surface area (Å²) in [6.45, 7) is 0. The number of hydrogen-bond acceptors (Lipinski definition) is 7. The minimum atomic E-state index is -3.53. The maximum Gasteiger partial charge on any atom is 0.258 e. The lowest BCUT2D eigenvalue weighted by molar-refractivity contribution is 0.102. The second kappa shape index (κ2) is 7.34. The van der Waals surface area contributed by atoms with Gasteiger partial charge in [0.05, 0.1) is 17.6 Å². The number of furan rings is 1. The normalized spacial score (nSPS) is 11.5. The van der Waals surface area contributed by atoms with E-state index in [1.54, 1.807) is 24.6 Å². The van der Waals surface area contributed by atoms with Gasteiger partial charge in [0, 0.05) is 17.0 Å². The number of anilines is 1. The Morgan fingerprint density at radius 1 is 1.17 bits per heavy atom. The Morgan fingerprint density at radius 3 is 2.72 bits per heavy atom. The van der Waals surface area contributed by atoms with Crippen LogP contribution in [0, 0.1) is 0 Å². The van der Waals surface area contributed by atoms with E-state index in [0.717, 1.165) is 11.6 Å². The Labute approximate surface area is 170 Å². The van der Waals surface area contributed by atoms with Gasteiger partial charge in [-0.25, -0.2) is 13.4 Å². The lowest BCUT2D eigenvalue weighted by atomic mass is 10.2. The maximum absolute atomic E-state index is 12.6. The molecule has 1 N–H and O–H groups in total. The molecule has 148 valence electrons. The van der Waals surface area contributed by atoms with Gasteiger partial charge in [-0.3, -0.25) is 10.1 Å². The van der Waals surface area contributed by atoms with Crippen LogP contribution in [0.15, 0.2) is 63.2 Å². The van der Waals surface area contributed by atoms with Gasteiger partial charge in [0.25, 0.3) is 5.91 Å². The third-order valence-electron chi connectivity index (χ3n) is 4.24. The van der Waals surface area contributed by atoms with Crippen LogP contribution in [0.4, 0.5) is 5.13 Å². The molecule has 0 saturated heterocycles. The van der Waals surface area contributed by atoms with E-state index in [2.05, 4.69) is 10.3 Å². The van der Waals surface area contributed by atoms with E-state index in [1.807, 2.05) is 24.3 Å². The van der Waals surface area contributed by atoms with Crippen molar-refractivity contribution < 1.29 is 22.4 Å². The number of nitrogens with one attached hydrogen (secondary N) is 1. The van der Waals surface area contributed by atoms with Gasteiger partial charge in [-0.15, -0.1) is 11.3 Å². The number of methoxy groups -OCH3 is 1. The van der Waals surface area contributed by atoms with Crippen LogP contribution in [0.2, 0.25) is 0 Å². The van der Waals surface area contributed by atoms with Gasteiger partial charge < -0.3 is 9.15 Å². The quantitative estimate of drug-likeness (QED) is 0.511. The number of sulfone groups is 1. The number of amides is 1. The van der Waals surface area contributed by atoms with Crippen LogP contribution in [-0.4, -0.2) is 32.7 Å². The van der Waals surface area contributed by atoms with Gasteiger partial charge >= 0.3 is 0 Å². The highest BCUT2D eigenvalue weighted by Gasteiger charge is 2.20. The lowest BCUT2D eigenvalue weighted by Gasteiger charge is -2.06. The lowest BCUT2D eigenvalue weighted by Crippen LogP contribution is -2.15. The van der Waals surface area contributed by atoms with Crippen molar-refractivity contribution in [2.75, 3.05) is 18.7 Å². The van der Waals surface area contributed by atoms with Gasteiger partial charge in [-0.05, 0) is 24.3 Å². The number of carbonyl (C=O) groups excluding carboxylic acids is 1. The molecule has 2 heterocycles. The zero-order valence-corrected chi connectivity index (χ0v) is 17.1. The fourth-order valence-corrected chi connectivity index (χ4v) is 4.49. The molecule has 7 nitrogen and oxygen atoms in total. The summed E-state index contributed by atoms with van der Waals surface area (Å²) in [5, 5.41) is 5.62. The third-order valence-corrected chi connectivity index (χ3v) is 6.15. The fraction of sp³-hybridized carbons (Fsp3) is 0.100. The first-order valence-corrected chi connectivity index (χ1v) is 11.3. The molecular weight excluding hydrogens is 412 g/mol. The molecule has 0 spiro atoms. The predicted molar refractivity (Wildman–Crippen MR) is 111 cm³/mol. The molecular formula is C20H16N2O5S2. The Balaban J connectivity index is 1.62. The number of benzene rings is 2. The SMILES string of the molecule is COc1cccc2cc(-c3csc(NC(=O)c4ccccc4S(C)(=O)=O)n3)oc12. The number of ether oxygens (including phenoxy) is 1. The second-order valence-electron chi connectivity index (χ2n) is 6.25. The molecule has 0 aliphatic heterocycles. The summed E-state index contributed by atoms with van der Waals surface area (Å²) < 4.78 is 35.0. The van der Waals surface area contributed by atoms with E-state index in [0.29, 0.717) is 27.9 Å². The zero-order chi connectivity index (χ0) is 20.6. The van der Waals surface area contributed by atoms with Crippen molar-refractivity contribution in [2.24, 2.45) is 0 Å². The Morgan fingerprint density at radius 2 is 1.97 bits per heavy atom. The van der Waals surface area contributed by atoms with Crippen LogP contribution in [0.1, 0.15) is 10.4 Å². The van der Waals surface area contributed by atoms with E-state index < -0.39 is 15.7 Å². The number of nitrogens with zero attached hydrogens (tertiary/aromatic N) is 1. The predicted octanol–water partition coefficient (Wildman–Crippen LogP) is 4.22. The van der Waals surface area contributed by atoms with Gasteiger partial charge in [0.1, 0.15) is 5.69 Å². The number of carbonyl (C=O) groups is 1. The highest BCUT2D eigenvalue weighted by molar-refractivity contribution is 7.90. The van der Waals surface area contributed by atoms with E-state index in [1.165, 1.54) is 23.5 Å². The van der Waals surface area contributed by atoms with Gasteiger partial charge in [-0.2, -0.15) is 0 Å². The Bertz CT molecular complexity index is 1320. The van der Waals surface area contributed by atoms with Crippen LogP contribution in [-0.2, 0) is 9.84 Å². The van der Waals surface area contributed by atoms with Crippen molar-refractivity contribution >= 4 is 43.2 Å². The summed E-state index contributed by atoms with van der Waals surface area (Å²) in [6, 6.07) is 13.5. The minimum Gasteiger partial charge on any atom is -0.493 e. The molecule has 9 heteroatoms. The van der Waals surface area contributed by atoms with Crippen LogP contribution >= 0.6 is 11.3 Å². The van der Waals surface area contributed by atoms with Crippen molar-refractivity contribution in [1.29, 1.82) is 0 Å². The summed E-state index contributed by atoms with van der Waals surface area (Å²) in [5.74, 6) is 0.617. The molecule has 0 aliphatic rings. The van der Waals surface area contributed by atoms with Gasteiger partial charge in [0.2, 0.25) is 0 Å². The monoisotopic (exact) mass is 428 g/mol. The molecule has 2 aromatic heterocycles. The number of fused-ring (bicyclic) bond motifs is 1. The van der Waals surface area contributed by atoms with Crippen molar-refractivity contribution in [1.82, 2.24) is 4.98 Å². The fourth-order valence-electron chi connectivity index (χ4n) is 2.91. The molecule has 0 atom stereocenters. The molecule has 0 bridgehead atoms. The maximum atomic E-state index is 12.6. The number of para-hydroxylation sites is 1. The molecule has 4 rings (SSSR count). The highest BCUT2D eigenvalue weighted by atomic mass is 32.2. The third kappa shape index (κ3) is 3.74. The topological polar surface area (TPSA) is 98.5 Å². The molecule has 0 unspecified atom stereocenters. The highest BCUT2D eigenvalue weighted by Crippen LogP contribution is 2.34. The second-order valence-corrected chi connectivity index (χ2v) is 9.09. The molecule has 29 heavy (non-hydrogen) atoms.